The first kappa shape index (κ1) is 21.4. The van der Waals surface area contributed by atoms with Crippen LogP contribution in [0.15, 0.2) is 35.4 Å². The molecule has 0 spiro atoms. The number of methoxy groups -OCH3 is 1. The summed E-state index contributed by atoms with van der Waals surface area (Å²) in [6.07, 6.45) is 9.37. The zero-order chi connectivity index (χ0) is 22.9. The second-order valence-corrected chi connectivity index (χ2v) is 8.76. The van der Waals surface area contributed by atoms with Gasteiger partial charge in [-0.25, -0.2) is 4.98 Å². The van der Waals surface area contributed by atoms with Gasteiger partial charge in [0.1, 0.15) is 22.9 Å². The van der Waals surface area contributed by atoms with E-state index in [4.69, 9.17) is 4.74 Å². The van der Waals surface area contributed by atoms with E-state index in [0.29, 0.717) is 28.5 Å². The summed E-state index contributed by atoms with van der Waals surface area (Å²) in [7, 11) is 3.50. The van der Waals surface area contributed by atoms with E-state index in [2.05, 4.69) is 26.0 Å². The van der Waals surface area contributed by atoms with Crippen molar-refractivity contribution in [3.05, 3.63) is 46.5 Å². The molecular weight excluding hydrogens is 422 g/mol. The number of nitrogens with zero attached hydrogens (tertiary/aromatic N) is 4. The maximum absolute atomic E-state index is 13.3. The molecule has 174 valence electrons. The van der Waals surface area contributed by atoms with Crippen molar-refractivity contribution in [3.8, 4) is 0 Å². The first-order valence-electron chi connectivity index (χ1n) is 11.5. The molecular formula is C23H29N7O3. The van der Waals surface area contributed by atoms with Crippen LogP contribution in [0.2, 0.25) is 0 Å². The molecule has 0 saturated heterocycles. The maximum atomic E-state index is 13.3. The third-order valence-corrected chi connectivity index (χ3v) is 6.45. The number of fused-ring (bicyclic) bond motifs is 1. The Kier molecular flexibility index (Phi) is 5.76. The molecule has 3 aromatic heterocycles. The zero-order valence-electron chi connectivity index (χ0n) is 18.9. The number of rotatable bonds is 7. The van der Waals surface area contributed by atoms with Crippen molar-refractivity contribution in [2.75, 3.05) is 24.8 Å². The van der Waals surface area contributed by atoms with Crippen molar-refractivity contribution in [1.29, 1.82) is 0 Å². The standard InChI is InChI=1S/C23H29N7O3/c1-24-20-12-19(28-21-17(13-25-30(20)21)22(31)26-14-8-9-14)27-18-7-4-10-29(23(18)32)15-5-3-6-16(11-15)33-2/h4,7,10,12-16,24H,3,5-6,8-9,11H2,1-2H3,(H,26,31)(H,27,28)/t15-,16+/m1/s1. The van der Waals surface area contributed by atoms with Gasteiger partial charge in [0.05, 0.1) is 12.3 Å². The molecule has 3 aromatic rings. The molecule has 0 bridgehead atoms. The molecule has 0 radical (unpaired) electrons. The Morgan fingerprint density at radius 1 is 1.24 bits per heavy atom. The van der Waals surface area contributed by atoms with Crippen LogP contribution in [0.25, 0.3) is 5.65 Å². The molecule has 10 nitrogen and oxygen atoms in total. The van der Waals surface area contributed by atoms with E-state index in [1.54, 1.807) is 35.4 Å². The molecule has 0 unspecified atom stereocenters. The summed E-state index contributed by atoms with van der Waals surface area (Å²) in [5.41, 5.74) is 1.15. The second kappa shape index (κ2) is 8.86. The minimum absolute atomic E-state index is 0.104. The van der Waals surface area contributed by atoms with Crippen LogP contribution in [0, 0.1) is 0 Å². The molecule has 3 N–H and O–H groups in total. The van der Waals surface area contributed by atoms with Crippen molar-refractivity contribution < 1.29 is 9.53 Å². The van der Waals surface area contributed by atoms with Gasteiger partial charge in [0.25, 0.3) is 11.5 Å². The van der Waals surface area contributed by atoms with Crippen molar-refractivity contribution >= 4 is 28.9 Å². The summed E-state index contributed by atoms with van der Waals surface area (Å²) in [6.45, 7) is 0. The van der Waals surface area contributed by atoms with Crippen LogP contribution in [-0.4, -0.2) is 51.4 Å². The maximum Gasteiger partial charge on any atom is 0.274 e. The van der Waals surface area contributed by atoms with Gasteiger partial charge >= 0.3 is 0 Å². The number of nitrogens with one attached hydrogen (secondary N) is 3. The average molecular weight is 452 g/mol. The van der Waals surface area contributed by atoms with Gasteiger partial charge in [0, 0.05) is 38.5 Å². The minimum Gasteiger partial charge on any atom is -0.381 e. The van der Waals surface area contributed by atoms with E-state index in [1.165, 1.54) is 6.20 Å². The van der Waals surface area contributed by atoms with Crippen LogP contribution in [0.5, 0.6) is 0 Å². The monoisotopic (exact) mass is 451 g/mol. The molecule has 1 amide bonds. The molecule has 2 aliphatic rings. The molecule has 0 aliphatic heterocycles. The minimum atomic E-state index is -0.189. The van der Waals surface area contributed by atoms with Crippen molar-refractivity contribution in [1.82, 2.24) is 24.5 Å². The predicted octanol–water partition coefficient (Wildman–Crippen LogP) is 2.70. The molecule has 2 saturated carbocycles. The van der Waals surface area contributed by atoms with Gasteiger partial charge in [0.2, 0.25) is 0 Å². The predicted molar refractivity (Wildman–Crippen MR) is 125 cm³/mol. The number of amides is 1. The summed E-state index contributed by atoms with van der Waals surface area (Å²) < 4.78 is 8.91. The topological polar surface area (TPSA) is 115 Å². The van der Waals surface area contributed by atoms with Crippen LogP contribution in [0.4, 0.5) is 17.3 Å². The van der Waals surface area contributed by atoms with Crippen LogP contribution < -0.4 is 21.5 Å². The first-order chi connectivity index (χ1) is 16.1. The number of hydrogen-bond donors (Lipinski definition) is 3. The molecule has 2 fully saturated rings. The fourth-order valence-corrected chi connectivity index (χ4v) is 4.47. The number of pyridine rings is 1. The van der Waals surface area contributed by atoms with E-state index in [1.807, 2.05) is 12.3 Å². The summed E-state index contributed by atoms with van der Waals surface area (Å²) in [4.78, 5) is 30.5. The van der Waals surface area contributed by atoms with E-state index in [0.717, 1.165) is 38.5 Å². The SMILES string of the molecule is CNc1cc(Nc2cccn([C@@H]3CCC[C@H](OC)C3)c2=O)nc2c(C(=O)NC3CC3)cnn12. The van der Waals surface area contributed by atoms with Crippen LogP contribution in [0.1, 0.15) is 54.9 Å². The van der Waals surface area contributed by atoms with E-state index in [9.17, 15) is 9.59 Å². The number of aromatic nitrogens is 4. The highest BCUT2D eigenvalue weighted by atomic mass is 16.5. The van der Waals surface area contributed by atoms with Crippen molar-refractivity contribution in [3.63, 3.8) is 0 Å². The lowest BCUT2D eigenvalue weighted by atomic mass is 9.92. The van der Waals surface area contributed by atoms with Crippen LogP contribution in [-0.2, 0) is 4.74 Å². The van der Waals surface area contributed by atoms with Gasteiger partial charge in [-0.1, -0.05) is 0 Å². The summed E-state index contributed by atoms with van der Waals surface area (Å²) in [6, 6.07) is 5.72. The Hall–Kier alpha value is -3.40. The quantitative estimate of drug-likeness (QED) is 0.506. The smallest absolute Gasteiger partial charge is 0.274 e. The largest absolute Gasteiger partial charge is 0.381 e. The van der Waals surface area contributed by atoms with Crippen molar-refractivity contribution in [2.45, 2.75) is 56.7 Å². The Balaban J connectivity index is 1.46. The van der Waals surface area contributed by atoms with Gasteiger partial charge in [0.15, 0.2) is 5.65 Å². The Labute approximate surface area is 191 Å². The lowest BCUT2D eigenvalue weighted by Crippen LogP contribution is -2.31. The lowest BCUT2D eigenvalue weighted by Gasteiger charge is -2.29. The molecule has 2 aliphatic carbocycles. The van der Waals surface area contributed by atoms with E-state index >= 15 is 0 Å². The lowest BCUT2D eigenvalue weighted by molar-refractivity contribution is 0.0525. The Morgan fingerprint density at radius 3 is 2.85 bits per heavy atom. The number of hydrogen-bond acceptors (Lipinski definition) is 7. The number of carbonyl (C=O) groups excluding carboxylic acids is 1. The highest BCUT2D eigenvalue weighted by molar-refractivity contribution is 6.00. The summed E-state index contributed by atoms with van der Waals surface area (Å²) >= 11 is 0. The second-order valence-electron chi connectivity index (χ2n) is 8.76. The number of anilines is 3. The van der Waals surface area contributed by atoms with Gasteiger partial charge in [-0.3, -0.25) is 9.59 Å². The summed E-state index contributed by atoms with van der Waals surface area (Å²) in [5, 5.41) is 13.5. The van der Waals surface area contributed by atoms with Gasteiger partial charge in [-0.15, -0.1) is 0 Å². The Bertz CT molecular complexity index is 1230. The zero-order valence-corrected chi connectivity index (χ0v) is 18.9. The third kappa shape index (κ3) is 4.30. The van der Waals surface area contributed by atoms with E-state index < -0.39 is 0 Å². The highest BCUT2D eigenvalue weighted by Crippen LogP contribution is 2.29. The molecule has 2 atom stereocenters. The van der Waals surface area contributed by atoms with Crippen molar-refractivity contribution in [2.24, 2.45) is 0 Å². The molecule has 10 heteroatoms. The van der Waals surface area contributed by atoms with Gasteiger partial charge in [-0.05, 0) is 50.7 Å². The molecule has 3 heterocycles. The normalized spacial score (nSPS) is 20.5. The fraction of sp³-hybridized carbons (Fsp3) is 0.478. The first-order valence-corrected chi connectivity index (χ1v) is 11.5. The molecule has 33 heavy (non-hydrogen) atoms. The average Bonchev–Trinajstić information content (AvgIpc) is 3.54. The number of carbonyl (C=O) groups is 1. The van der Waals surface area contributed by atoms with E-state index in [-0.39, 0.29) is 29.7 Å². The van der Waals surface area contributed by atoms with Crippen LogP contribution >= 0.6 is 0 Å². The Morgan fingerprint density at radius 2 is 2.09 bits per heavy atom. The third-order valence-electron chi connectivity index (χ3n) is 6.45. The highest BCUT2D eigenvalue weighted by Gasteiger charge is 2.27. The summed E-state index contributed by atoms with van der Waals surface area (Å²) in [5.74, 6) is 0.923. The van der Waals surface area contributed by atoms with Gasteiger partial charge in [-0.2, -0.15) is 9.61 Å². The molecule has 5 rings (SSSR count). The fourth-order valence-electron chi connectivity index (χ4n) is 4.47. The molecule has 0 aromatic carbocycles. The number of ether oxygens (including phenoxy) is 1. The van der Waals surface area contributed by atoms with Gasteiger partial charge < -0.3 is 25.3 Å². The van der Waals surface area contributed by atoms with Crippen LogP contribution in [0.3, 0.4) is 0 Å².